The summed E-state index contributed by atoms with van der Waals surface area (Å²) < 4.78 is 10.6. The fourth-order valence-electron chi connectivity index (χ4n) is 6.84. The van der Waals surface area contributed by atoms with Crippen LogP contribution in [0.3, 0.4) is 0 Å². The van der Waals surface area contributed by atoms with Crippen LogP contribution in [0.15, 0.2) is 146 Å². The monoisotopic (exact) mass is 932 g/mol. The van der Waals surface area contributed by atoms with E-state index in [-0.39, 0.29) is 88.3 Å². The second kappa shape index (κ2) is 30.8. The van der Waals surface area contributed by atoms with Crippen LogP contribution in [0.1, 0.15) is 93.5 Å². The van der Waals surface area contributed by atoms with E-state index in [0.29, 0.717) is 24.6 Å². The van der Waals surface area contributed by atoms with Gasteiger partial charge in [0.05, 0.1) is 11.9 Å². The van der Waals surface area contributed by atoms with E-state index in [0.717, 1.165) is 48.4 Å². The first-order valence-corrected chi connectivity index (χ1v) is 20.8. The van der Waals surface area contributed by atoms with Crippen LogP contribution in [0.4, 0.5) is 0 Å². The summed E-state index contributed by atoms with van der Waals surface area (Å²) in [5.74, 6) is -1.42. The Morgan fingerprint density at radius 1 is 0.478 bits per heavy atom. The van der Waals surface area contributed by atoms with Gasteiger partial charge in [0.15, 0.2) is 0 Å². The average molecular weight is 933 g/mol. The van der Waals surface area contributed by atoms with Crippen LogP contribution in [0, 0.1) is 0 Å². The number of hydrogen-bond donors (Lipinski definition) is 0. The number of pyridine rings is 2. The van der Waals surface area contributed by atoms with Crippen LogP contribution in [0.5, 0.6) is 11.5 Å². The predicted molar refractivity (Wildman–Crippen MR) is 253 cm³/mol. The van der Waals surface area contributed by atoms with E-state index in [2.05, 4.69) is 122 Å². The van der Waals surface area contributed by atoms with Crippen molar-refractivity contribution < 1.29 is 99.3 Å². The molecule has 12 nitrogen and oxygen atoms in total. The molecule has 0 amide bonds. The van der Waals surface area contributed by atoms with Gasteiger partial charge in [-0.3, -0.25) is 19.8 Å². The largest absolute Gasteiger partial charge is 1.00 e. The number of carbonyl (C=O) groups is 2. The second-order valence-electron chi connectivity index (χ2n) is 17.5. The van der Waals surface area contributed by atoms with Crippen molar-refractivity contribution in [3.05, 3.63) is 191 Å². The van der Waals surface area contributed by atoms with Gasteiger partial charge in [-0.2, -0.15) is 0 Å². The first-order chi connectivity index (χ1) is 29.6. The van der Waals surface area contributed by atoms with Gasteiger partial charge in [0.2, 0.25) is 0 Å². The number of carboxylic acid groups (broad SMARTS) is 2. The smallest absolute Gasteiger partial charge is 0.546 e. The van der Waals surface area contributed by atoms with Crippen LogP contribution in [0.2, 0.25) is 0 Å². The van der Waals surface area contributed by atoms with E-state index in [1.165, 1.54) is 22.3 Å². The summed E-state index contributed by atoms with van der Waals surface area (Å²) in [6, 6.07) is 40.6. The Morgan fingerprint density at radius 2 is 0.791 bits per heavy atom. The van der Waals surface area contributed by atoms with E-state index in [1.807, 2.05) is 60.9 Å². The number of ether oxygens (including phenoxy) is 2. The van der Waals surface area contributed by atoms with Crippen molar-refractivity contribution in [2.24, 2.45) is 0 Å². The molecule has 67 heavy (non-hydrogen) atoms. The van der Waals surface area contributed by atoms with Crippen molar-refractivity contribution in [1.82, 2.24) is 19.8 Å². The van der Waals surface area contributed by atoms with Crippen molar-refractivity contribution in [1.29, 1.82) is 0 Å². The van der Waals surface area contributed by atoms with Crippen molar-refractivity contribution >= 4 is 11.9 Å². The maximum absolute atomic E-state index is 10.7. The fraction of sp³-hybridized carbons (Fsp3) is 0.321. The number of benzene rings is 4. The summed E-state index contributed by atoms with van der Waals surface area (Å²) in [6.45, 7) is 16.8. The molecule has 0 atom stereocenters. The van der Waals surface area contributed by atoms with Crippen molar-refractivity contribution in [2.45, 2.75) is 99.1 Å². The third-order valence-electron chi connectivity index (χ3n) is 10.0. The second-order valence-corrected chi connectivity index (χ2v) is 17.5. The summed E-state index contributed by atoms with van der Waals surface area (Å²) in [4.78, 5) is 34.5. The van der Waals surface area contributed by atoms with E-state index in [1.54, 1.807) is 24.5 Å². The number of hydrogen-bond acceptors (Lipinski definition) is 10. The van der Waals surface area contributed by atoms with Gasteiger partial charge in [-0.1, -0.05) is 134 Å². The first kappa shape index (κ1) is 62.6. The Balaban J connectivity index is 0.00000121. The predicted octanol–water partition coefficient (Wildman–Crippen LogP) is 0.415. The fourth-order valence-corrected chi connectivity index (χ4v) is 6.84. The van der Waals surface area contributed by atoms with Gasteiger partial charge < -0.3 is 40.2 Å². The van der Waals surface area contributed by atoms with Crippen molar-refractivity contribution in [2.75, 3.05) is 13.2 Å². The molecule has 0 aliphatic heterocycles. The van der Waals surface area contributed by atoms with Crippen LogP contribution < -0.4 is 78.8 Å². The normalized spacial score (nSPS) is 10.6. The van der Waals surface area contributed by atoms with Crippen LogP contribution in [-0.4, -0.2) is 55.9 Å². The molecule has 0 saturated carbocycles. The molecule has 4 aromatic carbocycles. The molecule has 0 unspecified atom stereocenters. The molecule has 6 aromatic rings. The number of carboxylic acids is 2. The van der Waals surface area contributed by atoms with Gasteiger partial charge in [-0.15, -0.1) is 0 Å². The number of aromatic nitrogens is 2. The summed E-state index contributed by atoms with van der Waals surface area (Å²) in [5.41, 5.74) is 9.72. The molecular formula is C53H66N4Na2O8. The molecule has 0 fully saturated rings. The SMILES string of the molecule is C.CC(C)(C)c1ccc(CN(Cc2cccnc2)Cc2cccc(OCC(=O)[O-])c2)cc1.CC(C)(C)c1ccc(CN(Cc2cccnc2)Cc2cccc(OCC(=O)[O-])c2)cc1.O.O.[Na+].[Na+]. The van der Waals surface area contributed by atoms with Gasteiger partial charge in [0.25, 0.3) is 0 Å². The molecule has 0 aliphatic rings. The molecule has 2 aromatic heterocycles. The van der Waals surface area contributed by atoms with Crippen molar-refractivity contribution in [3.63, 3.8) is 0 Å². The van der Waals surface area contributed by atoms with Gasteiger partial charge >= 0.3 is 59.1 Å². The van der Waals surface area contributed by atoms with Gasteiger partial charge in [-0.25, -0.2) is 0 Å². The number of carbonyl (C=O) groups excluding carboxylic acids is 2. The number of rotatable bonds is 18. The molecular weight excluding hydrogens is 867 g/mol. The third-order valence-corrected chi connectivity index (χ3v) is 10.0. The Hall–Kier alpha value is -4.44. The summed E-state index contributed by atoms with van der Waals surface area (Å²) in [6.07, 6.45) is 7.32. The summed E-state index contributed by atoms with van der Waals surface area (Å²) >= 11 is 0. The molecule has 0 bridgehead atoms. The summed E-state index contributed by atoms with van der Waals surface area (Å²) in [5, 5.41) is 21.4. The molecule has 4 N–H and O–H groups in total. The zero-order valence-corrected chi connectivity index (χ0v) is 43.8. The zero-order chi connectivity index (χ0) is 44.5. The van der Waals surface area contributed by atoms with Gasteiger partial charge in [-0.05, 0) is 91.7 Å². The van der Waals surface area contributed by atoms with E-state index in [4.69, 9.17) is 9.47 Å². The molecule has 0 aliphatic carbocycles. The van der Waals surface area contributed by atoms with E-state index in [9.17, 15) is 19.8 Å². The minimum atomic E-state index is -1.23. The Bertz CT molecular complexity index is 2140. The standard InChI is InChI=1S/2C26H30N2O3.CH4.2Na.2H2O/c2*1-26(2,3)23-11-9-20(10-12-23)16-28(18-22-7-5-13-27-15-22)17-21-6-4-8-24(14-21)31-19-25(29)30;;;;;/h2*4-15H,16-19H2,1-3H3,(H,29,30);1H4;;;2*1H2/q;;;2*+1;;/p-2. The van der Waals surface area contributed by atoms with Crippen LogP contribution >= 0.6 is 0 Å². The quantitative estimate of drug-likeness (QED) is 0.109. The van der Waals surface area contributed by atoms with Crippen molar-refractivity contribution in [3.8, 4) is 11.5 Å². The maximum Gasteiger partial charge on any atom is 1.00 e. The molecule has 0 saturated heterocycles. The number of aliphatic carboxylic acids is 2. The Kier molecular flexibility index (Phi) is 28.8. The van der Waals surface area contributed by atoms with E-state index >= 15 is 0 Å². The van der Waals surface area contributed by atoms with Gasteiger partial charge in [0, 0.05) is 64.1 Å². The average Bonchev–Trinajstić information content (AvgIpc) is 3.23. The maximum atomic E-state index is 10.7. The third kappa shape index (κ3) is 22.9. The zero-order valence-electron chi connectivity index (χ0n) is 39.8. The number of nitrogens with zero attached hydrogens (tertiary/aromatic N) is 4. The minimum absolute atomic E-state index is 0. The molecule has 0 spiro atoms. The van der Waals surface area contributed by atoms with Crippen LogP contribution in [-0.2, 0) is 59.7 Å². The Labute approximate surface area is 442 Å². The topological polar surface area (TPSA) is 194 Å². The first-order valence-electron chi connectivity index (χ1n) is 20.8. The molecule has 6 rings (SSSR count). The summed E-state index contributed by atoms with van der Waals surface area (Å²) in [7, 11) is 0. The minimum Gasteiger partial charge on any atom is -0.546 e. The molecule has 348 valence electrons. The van der Waals surface area contributed by atoms with Crippen LogP contribution in [0.25, 0.3) is 0 Å². The Morgan fingerprint density at radius 3 is 1.09 bits per heavy atom. The molecule has 2 heterocycles. The molecule has 14 heteroatoms. The van der Waals surface area contributed by atoms with E-state index < -0.39 is 25.2 Å². The molecule has 0 radical (unpaired) electrons. The van der Waals surface area contributed by atoms with Gasteiger partial charge in [0.1, 0.15) is 24.7 Å².